The van der Waals surface area contributed by atoms with E-state index in [-0.39, 0.29) is 9.92 Å². The van der Waals surface area contributed by atoms with E-state index in [1.807, 2.05) is 0 Å². The minimum absolute atomic E-state index is 0.138. The molecular formula is C15H9ClFNO2S. The summed E-state index contributed by atoms with van der Waals surface area (Å²) in [7, 11) is -3.88. The molecule has 0 aliphatic carbocycles. The number of fused-ring (bicyclic) bond motifs is 1. The summed E-state index contributed by atoms with van der Waals surface area (Å²) in [5.41, 5.74) is 0.400. The number of benzene rings is 2. The molecule has 6 heteroatoms. The molecule has 0 aliphatic heterocycles. The topological polar surface area (TPSA) is 47.0 Å². The molecule has 1 aromatic heterocycles. The predicted molar refractivity (Wildman–Crippen MR) is 78.6 cm³/mol. The molecule has 0 fully saturated rings. The van der Waals surface area contributed by atoms with Gasteiger partial charge in [0.2, 0.25) is 9.84 Å². The van der Waals surface area contributed by atoms with Crippen LogP contribution in [0.4, 0.5) is 4.39 Å². The number of halogens is 2. The van der Waals surface area contributed by atoms with E-state index in [9.17, 15) is 12.8 Å². The average Bonchev–Trinajstić information content (AvgIpc) is 2.47. The molecule has 1 heterocycles. The highest BCUT2D eigenvalue weighted by Crippen LogP contribution is 2.26. The molecule has 0 unspecified atom stereocenters. The van der Waals surface area contributed by atoms with Gasteiger partial charge < -0.3 is 0 Å². The third-order valence-electron chi connectivity index (χ3n) is 3.03. The van der Waals surface area contributed by atoms with E-state index in [4.69, 9.17) is 11.6 Å². The van der Waals surface area contributed by atoms with Crippen molar-refractivity contribution in [2.45, 2.75) is 9.92 Å². The van der Waals surface area contributed by atoms with Crippen LogP contribution in [-0.2, 0) is 9.84 Å². The maximum absolute atomic E-state index is 13.2. The Bertz CT molecular complexity index is 941. The van der Waals surface area contributed by atoms with Gasteiger partial charge in [0.15, 0.2) is 5.03 Å². The van der Waals surface area contributed by atoms with Crippen LogP contribution >= 0.6 is 11.6 Å². The smallest absolute Gasteiger partial charge is 0.223 e. The molecule has 0 atom stereocenters. The number of pyridine rings is 1. The Morgan fingerprint density at radius 1 is 1.00 bits per heavy atom. The molecule has 0 amide bonds. The Labute approximate surface area is 125 Å². The van der Waals surface area contributed by atoms with Crippen molar-refractivity contribution in [2.24, 2.45) is 0 Å². The summed E-state index contributed by atoms with van der Waals surface area (Å²) < 4.78 is 38.2. The predicted octanol–water partition coefficient (Wildman–Crippen LogP) is 3.86. The van der Waals surface area contributed by atoms with Gasteiger partial charge in [-0.2, -0.15) is 0 Å². The van der Waals surface area contributed by atoms with Gasteiger partial charge in [-0.3, -0.25) is 0 Å². The van der Waals surface area contributed by atoms with Gasteiger partial charge in [0.1, 0.15) is 5.82 Å². The minimum atomic E-state index is -3.88. The molecular weight excluding hydrogens is 313 g/mol. The Hall–Kier alpha value is -1.98. The van der Waals surface area contributed by atoms with Crippen LogP contribution in [0.5, 0.6) is 0 Å². The number of para-hydroxylation sites is 1. The molecule has 106 valence electrons. The monoisotopic (exact) mass is 321 g/mol. The second kappa shape index (κ2) is 5.09. The van der Waals surface area contributed by atoms with Crippen LogP contribution in [0, 0.1) is 5.82 Å². The van der Waals surface area contributed by atoms with Crippen LogP contribution in [0.2, 0.25) is 5.02 Å². The van der Waals surface area contributed by atoms with Crippen molar-refractivity contribution >= 4 is 32.3 Å². The molecule has 0 N–H and O–H groups in total. The lowest BCUT2D eigenvalue weighted by atomic mass is 10.2. The van der Waals surface area contributed by atoms with E-state index in [1.54, 1.807) is 24.3 Å². The Morgan fingerprint density at radius 3 is 2.52 bits per heavy atom. The summed E-state index contributed by atoms with van der Waals surface area (Å²) >= 11 is 6.03. The average molecular weight is 322 g/mol. The number of hydrogen-bond acceptors (Lipinski definition) is 3. The first kappa shape index (κ1) is 14.0. The lowest BCUT2D eigenvalue weighted by Gasteiger charge is -2.06. The van der Waals surface area contributed by atoms with Crippen molar-refractivity contribution in [3.63, 3.8) is 0 Å². The van der Waals surface area contributed by atoms with E-state index in [0.717, 1.165) is 11.5 Å². The molecule has 0 saturated heterocycles. The number of nitrogens with zero attached hydrogens (tertiary/aromatic N) is 1. The third kappa shape index (κ3) is 2.50. The standard InChI is InChI=1S/C15H9ClFNO2S/c16-13-6-1-3-10-7-8-14(18-15(10)13)21(19,20)12-5-2-4-11(17)9-12/h1-9H. The molecule has 3 rings (SSSR count). The zero-order chi connectivity index (χ0) is 15.0. The summed E-state index contributed by atoms with van der Waals surface area (Å²) in [4.78, 5) is 3.97. The van der Waals surface area contributed by atoms with Crippen LogP contribution in [0.1, 0.15) is 0 Å². The Balaban J connectivity index is 2.22. The molecule has 3 nitrogen and oxygen atoms in total. The van der Waals surface area contributed by atoms with Crippen LogP contribution in [0.25, 0.3) is 10.9 Å². The summed E-state index contributed by atoms with van der Waals surface area (Å²) in [5, 5.41) is 0.943. The van der Waals surface area contributed by atoms with Gasteiger partial charge in [-0.1, -0.05) is 29.8 Å². The van der Waals surface area contributed by atoms with Gasteiger partial charge in [-0.15, -0.1) is 0 Å². The second-order valence-corrected chi connectivity index (χ2v) is 6.73. The molecule has 0 spiro atoms. The number of sulfone groups is 1. The fraction of sp³-hybridized carbons (Fsp3) is 0. The number of rotatable bonds is 2. The molecule has 0 aliphatic rings. The Kier molecular flexibility index (Phi) is 3.39. The zero-order valence-electron chi connectivity index (χ0n) is 10.6. The quantitative estimate of drug-likeness (QED) is 0.720. The van der Waals surface area contributed by atoms with E-state index < -0.39 is 15.7 Å². The van der Waals surface area contributed by atoms with Gasteiger partial charge in [0, 0.05) is 5.39 Å². The molecule has 21 heavy (non-hydrogen) atoms. The van der Waals surface area contributed by atoms with Gasteiger partial charge >= 0.3 is 0 Å². The zero-order valence-corrected chi connectivity index (χ0v) is 12.2. The van der Waals surface area contributed by atoms with Crippen molar-refractivity contribution in [3.05, 3.63) is 65.4 Å². The van der Waals surface area contributed by atoms with Crippen LogP contribution in [-0.4, -0.2) is 13.4 Å². The first-order chi connectivity index (χ1) is 9.98. The lowest BCUT2D eigenvalue weighted by Crippen LogP contribution is -2.05. The lowest BCUT2D eigenvalue weighted by molar-refractivity contribution is 0.588. The molecule has 0 saturated carbocycles. The summed E-state index contributed by atoms with van der Waals surface area (Å²) in [6.07, 6.45) is 0. The maximum atomic E-state index is 13.2. The molecule has 3 aromatic rings. The normalized spacial score (nSPS) is 11.7. The third-order valence-corrected chi connectivity index (χ3v) is 4.98. The van der Waals surface area contributed by atoms with E-state index in [2.05, 4.69) is 4.98 Å². The maximum Gasteiger partial charge on any atom is 0.223 e. The van der Waals surface area contributed by atoms with Gasteiger partial charge in [-0.25, -0.2) is 17.8 Å². The van der Waals surface area contributed by atoms with Gasteiger partial charge in [0.25, 0.3) is 0 Å². The SMILES string of the molecule is O=S(=O)(c1cccc(F)c1)c1ccc2cccc(Cl)c2n1. The second-order valence-electron chi connectivity index (χ2n) is 4.42. The van der Waals surface area contributed by atoms with E-state index in [1.165, 1.54) is 24.3 Å². The fourth-order valence-electron chi connectivity index (χ4n) is 2.00. The highest BCUT2D eigenvalue weighted by Gasteiger charge is 2.20. The largest absolute Gasteiger partial charge is 0.234 e. The first-order valence-corrected chi connectivity index (χ1v) is 7.90. The van der Waals surface area contributed by atoms with Crippen LogP contribution < -0.4 is 0 Å². The van der Waals surface area contributed by atoms with E-state index >= 15 is 0 Å². The van der Waals surface area contributed by atoms with Crippen LogP contribution in [0.15, 0.2) is 64.5 Å². The van der Waals surface area contributed by atoms with Gasteiger partial charge in [-0.05, 0) is 36.4 Å². The van der Waals surface area contributed by atoms with Gasteiger partial charge in [0.05, 0.1) is 15.4 Å². The summed E-state index contributed by atoms with van der Waals surface area (Å²) in [6, 6.07) is 13.0. The summed E-state index contributed by atoms with van der Waals surface area (Å²) in [5.74, 6) is -0.616. The molecule has 0 bridgehead atoms. The molecule has 0 radical (unpaired) electrons. The fourth-order valence-corrected chi connectivity index (χ4v) is 3.45. The van der Waals surface area contributed by atoms with Crippen molar-refractivity contribution in [2.75, 3.05) is 0 Å². The highest BCUT2D eigenvalue weighted by molar-refractivity contribution is 7.91. The molecule has 2 aromatic carbocycles. The number of aromatic nitrogens is 1. The highest BCUT2D eigenvalue weighted by atomic mass is 35.5. The van der Waals surface area contributed by atoms with Crippen molar-refractivity contribution < 1.29 is 12.8 Å². The van der Waals surface area contributed by atoms with Crippen molar-refractivity contribution in [1.29, 1.82) is 0 Å². The van der Waals surface area contributed by atoms with Crippen molar-refractivity contribution in [3.8, 4) is 0 Å². The van der Waals surface area contributed by atoms with E-state index in [0.29, 0.717) is 10.5 Å². The van der Waals surface area contributed by atoms with Crippen LogP contribution in [0.3, 0.4) is 0 Å². The number of hydrogen-bond donors (Lipinski definition) is 0. The Morgan fingerprint density at radius 2 is 1.76 bits per heavy atom. The minimum Gasteiger partial charge on any atom is -0.234 e. The first-order valence-electron chi connectivity index (χ1n) is 6.04. The summed E-state index contributed by atoms with van der Waals surface area (Å²) in [6.45, 7) is 0. The van der Waals surface area contributed by atoms with Crippen molar-refractivity contribution in [1.82, 2.24) is 4.98 Å².